The number of carbonyl (C=O) groups is 1. The van der Waals surface area contributed by atoms with E-state index in [1.807, 2.05) is 0 Å². The van der Waals surface area contributed by atoms with Gasteiger partial charge in [0.1, 0.15) is 18.1 Å². The maximum Gasteiger partial charge on any atom is 0.371 e. The van der Waals surface area contributed by atoms with E-state index in [-0.39, 0.29) is 11.9 Å². The van der Waals surface area contributed by atoms with E-state index in [2.05, 4.69) is 34.0 Å². The molecule has 0 aliphatic rings. The molecule has 5 nitrogen and oxygen atoms in total. The lowest BCUT2D eigenvalue weighted by atomic mass is 10.1. The van der Waals surface area contributed by atoms with Crippen molar-refractivity contribution in [3.8, 4) is 0 Å². The molecule has 1 rings (SSSR count). The highest BCUT2D eigenvalue weighted by Crippen LogP contribution is 2.09. The van der Waals surface area contributed by atoms with Crippen molar-refractivity contribution < 1.29 is 4.79 Å². The molecule has 0 unspecified atom stereocenters. The van der Waals surface area contributed by atoms with Gasteiger partial charge in [-0.25, -0.2) is 0 Å². The summed E-state index contributed by atoms with van der Waals surface area (Å²) in [6.45, 7) is 10.8. The van der Waals surface area contributed by atoms with Crippen LogP contribution in [0.2, 0.25) is 0 Å². The smallest absolute Gasteiger partial charge is 0.371 e. The molecule has 1 aromatic rings. The zero-order valence-electron chi connectivity index (χ0n) is 9.40. The molecule has 5 heteroatoms. The number of amides is 1. The van der Waals surface area contributed by atoms with Crippen LogP contribution in [-0.2, 0) is 4.79 Å². The molecule has 1 aromatic heterocycles. The summed E-state index contributed by atoms with van der Waals surface area (Å²) in [4.78, 5) is 22.0. The third-order valence-electron chi connectivity index (χ3n) is 1.97. The molecule has 0 atom stereocenters. The lowest BCUT2D eigenvalue weighted by Gasteiger charge is -2.04. The lowest BCUT2D eigenvalue weighted by Crippen LogP contribution is -2.12. The molecule has 0 spiro atoms. The van der Waals surface area contributed by atoms with Crippen LogP contribution in [0.15, 0.2) is 12.4 Å². The van der Waals surface area contributed by atoms with E-state index in [0.29, 0.717) is 18.0 Å². The standard InChI is InChI=1S/C11H14N4O/c1-8(2)4-5-10(16)15-9-6-13-11(12-3)14-7-9/h6-8H,4-5H2,1-2H3,(H,15,16). The Morgan fingerprint density at radius 3 is 2.62 bits per heavy atom. The van der Waals surface area contributed by atoms with Crippen molar-refractivity contribution in [2.24, 2.45) is 5.92 Å². The highest BCUT2D eigenvalue weighted by atomic mass is 16.1. The molecule has 0 aromatic carbocycles. The summed E-state index contributed by atoms with van der Waals surface area (Å²) >= 11 is 0. The van der Waals surface area contributed by atoms with Gasteiger partial charge < -0.3 is 10.2 Å². The SMILES string of the molecule is [C-]#[N+]c1ncc(NC(=O)CCC(C)C)cn1. The highest BCUT2D eigenvalue weighted by molar-refractivity contribution is 5.90. The number of rotatable bonds is 4. The number of anilines is 1. The predicted octanol–water partition coefficient (Wildman–Crippen LogP) is 2.40. The first-order valence-corrected chi connectivity index (χ1v) is 5.11. The number of hydrogen-bond acceptors (Lipinski definition) is 3. The van der Waals surface area contributed by atoms with Crippen molar-refractivity contribution in [1.82, 2.24) is 9.97 Å². The zero-order valence-corrected chi connectivity index (χ0v) is 9.40. The predicted molar refractivity (Wildman–Crippen MR) is 61.0 cm³/mol. The molecule has 1 amide bonds. The summed E-state index contributed by atoms with van der Waals surface area (Å²) < 4.78 is 0. The van der Waals surface area contributed by atoms with Crippen LogP contribution in [0.5, 0.6) is 0 Å². The van der Waals surface area contributed by atoms with Gasteiger partial charge in [-0.2, -0.15) is 9.97 Å². The molecule has 0 aliphatic heterocycles. The van der Waals surface area contributed by atoms with Crippen molar-refractivity contribution >= 4 is 17.5 Å². The van der Waals surface area contributed by atoms with Crippen LogP contribution in [0, 0.1) is 12.5 Å². The third kappa shape index (κ3) is 4.05. The van der Waals surface area contributed by atoms with Gasteiger partial charge in [-0.1, -0.05) is 13.8 Å². The average Bonchev–Trinajstić information content (AvgIpc) is 2.27. The van der Waals surface area contributed by atoms with Crippen molar-refractivity contribution in [3.05, 3.63) is 23.8 Å². The Kier molecular flexibility index (Phi) is 4.40. The van der Waals surface area contributed by atoms with E-state index in [9.17, 15) is 4.79 Å². The molecule has 0 fully saturated rings. The Morgan fingerprint density at radius 2 is 2.12 bits per heavy atom. The van der Waals surface area contributed by atoms with Crippen molar-refractivity contribution in [2.45, 2.75) is 26.7 Å². The second kappa shape index (κ2) is 5.81. The van der Waals surface area contributed by atoms with E-state index in [1.165, 1.54) is 12.4 Å². The third-order valence-corrected chi connectivity index (χ3v) is 1.97. The van der Waals surface area contributed by atoms with Crippen LogP contribution in [0.25, 0.3) is 4.85 Å². The summed E-state index contributed by atoms with van der Waals surface area (Å²) in [6.07, 6.45) is 4.22. The van der Waals surface area contributed by atoms with E-state index in [1.54, 1.807) is 0 Å². The molecule has 0 radical (unpaired) electrons. The van der Waals surface area contributed by atoms with Crippen LogP contribution in [0.4, 0.5) is 11.6 Å². The summed E-state index contributed by atoms with van der Waals surface area (Å²) in [5.74, 6) is 0.541. The molecule has 0 saturated carbocycles. The molecule has 0 bridgehead atoms. The van der Waals surface area contributed by atoms with Gasteiger partial charge in [0, 0.05) is 6.42 Å². The average molecular weight is 218 g/mol. The van der Waals surface area contributed by atoms with E-state index in [0.717, 1.165) is 6.42 Å². The van der Waals surface area contributed by atoms with Crippen LogP contribution < -0.4 is 5.32 Å². The molecule has 1 heterocycles. The minimum atomic E-state index is -0.0483. The van der Waals surface area contributed by atoms with Crippen molar-refractivity contribution in [1.29, 1.82) is 0 Å². The molecular formula is C11H14N4O. The van der Waals surface area contributed by atoms with E-state index >= 15 is 0 Å². The number of aromatic nitrogens is 2. The Hall–Kier alpha value is -1.96. The Bertz CT molecular complexity index is 391. The molecule has 84 valence electrons. The van der Waals surface area contributed by atoms with Gasteiger partial charge in [0.15, 0.2) is 0 Å². The normalized spacial score (nSPS) is 9.88. The Labute approximate surface area is 94.7 Å². The van der Waals surface area contributed by atoms with Gasteiger partial charge in [0.05, 0.1) is 0 Å². The van der Waals surface area contributed by atoms with E-state index < -0.39 is 0 Å². The second-order valence-electron chi connectivity index (χ2n) is 3.86. The second-order valence-corrected chi connectivity index (χ2v) is 3.86. The number of nitrogens with one attached hydrogen (secondary N) is 1. The molecule has 1 N–H and O–H groups in total. The fourth-order valence-electron chi connectivity index (χ4n) is 1.09. The Balaban J connectivity index is 2.47. The zero-order chi connectivity index (χ0) is 12.0. The summed E-state index contributed by atoms with van der Waals surface area (Å²) in [7, 11) is 0. The van der Waals surface area contributed by atoms with Gasteiger partial charge >= 0.3 is 5.95 Å². The molecule has 0 aliphatic carbocycles. The molecular weight excluding hydrogens is 204 g/mol. The maximum atomic E-state index is 11.4. The minimum Gasteiger partial charge on any atom is -0.394 e. The van der Waals surface area contributed by atoms with Gasteiger partial charge in [-0.15, -0.1) is 6.57 Å². The largest absolute Gasteiger partial charge is 0.394 e. The molecule has 16 heavy (non-hydrogen) atoms. The number of carbonyl (C=O) groups excluding carboxylic acids is 1. The highest BCUT2D eigenvalue weighted by Gasteiger charge is 2.05. The fraction of sp³-hybridized carbons (Fsp3) is 0.455. The first kappa shape index (κ1) is 12.1. The van der Waals surface area contributed by atoms with E-state index in [4.69, 9.17) is 6.57 Å². The minimum absolute atomic E-state index is 0.0483. The summed E-state index contributed by atoms with van der Waals surface area (Å²) in [6, 6.07) is 0. The maximum absolute atomic E-state index is 11.4. The molecule has 0 saturated heterocycles. The van der Waals surface area contributed by atoms with Crippen LogP contribution in [0.3, 0.4) is 0 Å². The van der Waals surface area contributed by atoms with Crippen LogP contribution in [0.1, 0.15) is 26.7 Å². The van der Waals surface area contributed by atoms with Gasteiger partial charge in [-0.3, -0.25) is 4.79 Å². The number of hydrogen-bond donors (Lipinski definition) is 1. The summed E-state index contributed by atoms with van der Waals surface area (Å²) in [5.41, 5.74) is 0.529. The fourth-order valence-corrected chi connectivity index (χ4v) is 1.09. The summed E-state index contributed by atoms with van der Waals surface area (Å²) in [5, 5.41) is 2.68. The lowest BCUT2D eigenvalue weighted by molar-refractivity contribution is -0.116. The first-order chi connectivity index (χ1) is 7.61. The van der Waals surface area contributed by atoms with Crippen LogP contribution in [-0.4, -0.2) is 15.9 Å². The topological polar surface area (TPSA) is 59.2 Å². The number of nitrogens with zero attached hydrogens (tertiary/aromatic N) is 3. The quantitative estimate of drug-likeness (QED) is 0.789. The van der Waals surface area contributed by atoms with Crippen molar-refractivity contribution in [3.63, 3.8) is 0 Å². The van der Waals surface area contributed by atoms with Crippen LogP contribution >= 0.6 is 0 Å². The van der Waals surface area contributed by atoms with Gasteiger partial charge in [0.2, 0.25) is 5.91 Å². The van der Waals surface area contributed by atoms with Gasteiger partial charge in [-0.05, 0) is 12.3 Å². The first-order valence-electron chi connectivity index (χ1n) is 5.11. The Morgan fingerprint density at radius 1 is 1.50 bits per heavy atom. The van der Waals surface area contributed by atoms with Gasteiger partial charge in [0.25, 0.3) is 0 Å². The van der Waals surface area contributed by atoms with Crippen molar-refractivity contribution in [2.75, 3.05) is 5.32 Å². The monoisotopic (exact) mass is 218 g/mol.